The van der Waals surface area contributed by atoms with Gasteiger partial charge in [0, 0.05) is 5.33 Å². The van der Waals surface area contributed by atoms with Gasteiger partial charge in [-0.3, -0.25) is 0 Å². The van der Waals surface area contributed by atoms with E-state index in [9.17, 15) is 9.18 Å². The van der Waals surface area contributed by atoms with Crippen molar-refractivity contribution in [2.45, 2.75) is 5.33 Å². The second-order valence-electron chi connectivity index (χ2n) is 2.25. The Bertz CT molecular complexity index is 312. The second-order valence-corrected chi connectivity index (χ2v) is 2.81. The number of rotatable bonds is 2. The van der Waals surface area contributed by atoms with Gasteiger partial charge in [-0.15, -0.1) is 0 Å². The molecule has 0 fully saturated rings. The summed E-state index contributed by atoms with van der Waals surface area (Å²) >= 11 is 3.15. The number of benzene rings is 1. The smallest absolute Gasteiger partial charge is 0.338 e. The molecular weight excluding hydrogens is 227 g/mol. The van der Waals surface area contributed by atoms with Crippen LogP contribution in [0.15, 0.2) is 18.2 Å². The number of halogens is 2. The van der Waals surface area contributed by atoms with Crippen LogP contribution in [0.5, 0.6) is 0 Å². The molecule has 64 valence electrons. The summed E-state index contributed by atoms with van der Waals surface area (Å²) in [5.41, 5.74) is 0.459. The molecule has 0 spiro atoms. The Morgan fingerprint density at radius 3 is 2.75 bits per heavy atom. The summed E-state index contributed by atoms with van der Waals surface area (Å²) in [7, 11) is 0. The molecule has 0 bridgehead atoms. The largest absolute Gasteiger partial charge is 0.478 e. The molecule has 0 radical (unpaired) electrons. The zero-order valence-electron chi connectivity index (χ0n) is 6.05. The molecule has 0 saturated heterocycles. The number of hydrogen-bond acceptors (Lipinski definition) is 1. The van der Waals surface area contributed by atoms with Crippen molar-refractivity contribution in [1.82, 2.24) is 0 Å². The van der Waals surface area contributed by atoms with Gasteiger partial charge in [0.05, 0.1) is 5.56 Å². The molecule has 1 aromatic rings. The zero-order chi connectivity index (χ0) is 9.14. The molecular formula is C8H6BrFO2. The molecule has 1 rings (SSSR count). The van der Waals surface area contributed by atoms with Crippen LogP contribution in [0.25, 0.3) is 0 Å². The van der Waals surface area contributed by atoms with E-state index in [-0.39, 0.29) is 5.56 Å². The second kappa shape index (κ2) is 3.67. The van der Waals surface area contributed by atoms with Crippen molar-refractivity contribution in [3.05, 3.63) is 35.1 Å². The summed E-state index contributed by atoms with van der Waals surface area (Å²) in [4.78, 5) is 10.4. The van der Waals surface area contributed by atoms with Gasteiger partial charge in [-0.1, -0.05) is 22.0 Å². The summed E-state index contributed by atoms with van der Waals surface area (Å²) < 4.78 is 12.8. The number of carboxylic acids is 1. The molecule has 0 saturated carbocycles. The van der Waals surface area contributed by atoms with E-state index in [0.717, 1.165) is 11.6 Å². The minimum atomic E-state index is -1.24. The molecule has 1 N–H and O–H groups in total. The maximum Gasteiger partial charge on any atom is 0.338 e. The Labute approximate surface area is 77.2 Å². The quantitative estimate of drug-likeness (QED) is 0.796. The molecule has 0 amide bonds. The topological polar surface area (TPSA) is 37.3 Å². The normalized spacial score (nSPS) is 9.83. The van der Waals surface area contributed by atoms with Gasteiger partial charge in [0.25, 0.3) is 0 Å². The van der Waals surface area contributed by atoms with Crippen LogP contribution in [0.1, 0.15) is 15.9 Å². The van der Waals surface area contributed by atoms with Crippen molar-refractivity contribution in [3.8, 4) is 0 Å². The Hall–Kier alpha value is -0.900. The Morgan fingerprint density at radius 1 is 1.58 bits per heavy atom. The standard InChI is InChI=1S/C8H6BrFO2/c9-4-5-1-2-7(10)6(3-5)8(11)12/h1-3H,4H2,(H,11,12). The fraction of sp³-hybridized carbons (Fsp3) is 0.125. The van der Waals surface area contributed by atoms with Crippen molar-refractivity contribution in [3.63, 3.8) is 0 Å². The first-order valence-electron chi connectivity index (χ1n) is 3.23. The van der Waals surface area contributed by atoms with Crippen LogP contribution in [-0.2, 0) is 5.33 Å². The predicted molar refractivity (Wildman–Crippen MR) is 46.0 cm³/mol. The van der Waals surface area contributed by atoms with E-state index in [1.54, 1.807) is 0 Å². The fourth-order valence-electron chi connectivity index (χ4n) is 0.819. The molecule has 12 heavy (non-hydrogen) atoms. The summed E-state index contributed by atoms with van der Waals surface area (Å²) in [5, 5.41) is 9.05. The number of alkyl halides is 1. The molecule has 1 aromatic carbocycles. The van der Waals surface area contributed by atoms with Crippen LogP contribution in [-0.4, -0.2) is 11.1 Å². The van der Waals surface area contributed by atoms with Crippen LogP contribution >= 0.6 is 15.9 Å². The highest BCUT2D eigenvalue weighted by molar-refractivity contribution is 9.08. The average molecular weight is 233 g/mol. The Balaban J connectivity index is 3.17. The first-order chi connectivity index (χ1) is 5.65. The maximum atomic E-state index is 12.8. The predicted octanol–water partition coefficient (Wildman–Crippen LogP) is 2.42. The van der Waals surface area contributed by atoms with E-state index >= 15 is 0 Å². The van der Waals surface area contributed by atoms with E-state index in [1.807, 2.05) is 0 Å². The molecule has 0 atom stereocenters. The third-order valence-corrected chi connectivity index (χ3v) is 2.06. The van der Waals surface area contributed by atoms with Crippen LogP contribution in [0.4, 0.5) is 4.39 Å². The van der Waals surface area contributed by atoms with Crippen molar-refractivity contribution in [1.29, 1.82) is 0 Å². The van der Waals surface area contributed by atoms with Crippen LogP contribution in [0.2, 0.25) is 0 Å². The van der Waals surface area contributed by atoms with Gasteiger partial charge in [0.1, 0.15) is 5.82 Å². The molecule has 0 aliphatic carbocycles. The molecule has 0 aliphatic rings. The van der Waals surface area contributed by atoms with Gasteiger partial charge in [-0.25, -0.2) is 9.18 Å². The lowest BCUT2D eigenvalue weighted by Gasteiger charge is -1.99. The van der Waals surface area contributed by atoms with Crippen molar-refractivity contribution < 1.29 is 14.3 Å². The average Bonchev–Trinajstić information content (AvgIpc) is 2.05. The van der Waals surface area contributed by atoms with Crippen LogP contribution in [0.3, 0.4) is 0 Å². The molecule has 0 aromatic heterocycles. The van der Waals surface area contributed by atoms with Crippen molar-refractivity contribution >= 4 is 21.9 Å². The van der Waals surface area contributed by atoms with E-state index in [0.29, 0.717) is 5.33 Å². The van der Waals surface area contributed by atoms with Gasteiger partial charge in [0.15, 0.2) is 0 Å². The minimum Gasteiger partial charge on any atom is -0.478 e. The monoisotopic (exact) mass is 232 g/mol. The Kier molecular flexibility index (Phi) is 2.81. The highest BCUT2D eigenvalue weighted by Gasteiger charge is 2.09. The van der Waals surface area contributed by atoms with Gasteiger partial charge in [0.2, 0.25) is 0 Å². The Morgan fingerprint density at radius 2 is 2.25 bits per heavy atom. The van der Waals surface area contributed by atoms with Gasteiger partial charge < -0.3 is 5.11 Å². The highest BCUT2D eigenvalue weighted by atomic mass is 79.9. The van der Waals surface area contributed by atoms with Crippen LogP contribution < -0.4 is 0 Å². The molecule has 2 nitrogen and oxygen atoms in total. The van der Waals surface area contributed by atoms with Crippen molar-refractivity contribution in [2.75, 3.05) is 0 Å². The van der Waals surface area contributed by atoms with E-state index in [2.05, 4.69) is 15.9 Å². The highest BCUT2D eigenvalue weighted by Crippen LogP contribution is 2.12. The summed E-state index contributed by atoms with van der Waals surface area (Å²) in [6.07, 6.45) is 0. The van der Waals surface area contributed by atoms with E-state index in [4.69, 9.17) is 5.11 Å². The number of aromatic carboxylic acids is 1. The fourth-order valence-corrected chi connectivity index (χ4v) is 1.17. The van der Waals surface area contributed by atoms with Crippen LogP contribution in [0, 0.1) is 5.82 Å². The lowest BCUT2D eigenvalue weighted by Crippen LogP contribution is -2.00. The van der Waals surface area contributed by atoms with E-state index in [1.165, 1.54) is 12.1 Å². The van der Waals surface area contributed by atoms with Gasteiger partial charge >= 0.3 is 5.97 Å². The van der Waals surface area contributed by atoms with Gasteiger partial charge in [-0.2, -0.15) is 0 Å². The molecule has 4 heteroatoms. The molecule has 0 heterocycles. The van der Waals surface area contributed by atoms with Crippen molar-refractivity contribution in [2.24, 2.45) is 0 Å². The number of carboxylic acid groups (broad SMARTS) is 1. The summed E-state index contributed by atoms with van der Waals surface area (Å²) in [6.45, 7) is 0. The summed E-state index contributed by atoms with van der Waals surface area (Å²) in [5.74, 6) is -1.94. The van der Waals surface area contributed by atoms with Gasteiger partial charge in [-0.05, 0) is 17.7 Å². The zero-order valence-corrected chi connectivity index (χ0v) is 7.64. The number of hydrogen-bond donors (Lipinski definition) is 1. The molecule has 0 unspecified atom stereocenters. The third kappa shape index (κ3) is 1.82. The first-order valence-corrected chi connectivity index (χ1v) is 4.35. The first kappa shape index (κ1) is 9.19. The lowest BCUT2D eigenvalue weighted by molar-refractivity contribution is 0.0692. The lowest BCUT2D eigenvalue weighted by atomic mass is 10.1. The SMILES string of the molecule is O=C(O)c1cc(CBr)ccc1F. The molecule has 0 aliphatic heterocycles. The van der Waals surface area contributed by atoms with E-state index < -0.39 is 11.8 Å². The summed E-state index contributed by atoms with van der Waals surface area (Å²) in [6, 6.07) is 4.00. The number of carbonyl (C=O) groups is 1. The third-order valence-electron chi connectivity index (χ3n) is 1.42. The maximum absolute atomic E-state index is 12.8. The minimum absolute atomic E-state index is 0.285.